The Labute approximate surface area is 176 Å². The number of aliphatic carboxylic acids is 1. The van der Waals surface area contributed by atoms with Gasteiger partial charge in [-0.2, -0.15) is 0 Å². The third kappa shape index (κ3) is 4.00. The van der Waals surface area contributed by atoms with Crippen LogP contribution in [-0.2, 0) is 11.5 Å². The van der Waals surface area contributed by atoms with E-state index in [0.29, 0.717) is 26.8 Å². The SMILES string of the molecule is O=C(O)CSc1cc2nc(-c3ccc(-c4ccccc4)cc3)c(Cl)cc2n1CO. The molecule has 2 N–H and O–H groups in total. The van der Waals surface area contributed by atoms with Crippen molar-refractivity contribution in [3.05, 3.63) is 71.8 Å². The minimum Gasteiger partial charge on any atom is -0.481 e. The van der Waals surface area contributed by atoms with Gasteiger partial charge in [-0.15, -0.1) is 0 Å². The number of rotatable bonds is 6. The van der Waals surface area contributed by atoms with Gasteiger partial charge in [-0.25, -0.2) is 4.98 Å². The fourth-order valence-corrected chi connectivity index (χ4v) is 4.22. The monoisotopic (exact) mass is 424 g/mol. The van der Waals surface area contributed by atoms with Crippen molar-refractivity contribution in [2.24, 2.45) is 0 Å². The van der Waals surface area contributed by atoms with Crippen molar-refractivity contribution in [1.29, 1.82) is 0 Å². The van der Waals surface area contributed by atoms with Crippen LogP contribution in [0, 0.1) is 0 Å². The molecule has 4 aromatic rings. The molecule has 146 valence electrons. The highest BCUT2D eigenvalue weighted by molar-refractivity contribution is 7.99. The molecule has 2 heterocycles. The molecular formula is C22H17ClN2O3S. The summed E-state index contributed by atoms with van der Waals surface area (Å²) < 4.78 is 1.60. The number of benzene rings is 2. The van der Waals surface area contributed by atoms with E-state index in [1.165, 1.54) is 0 Å². The topological polar surface area (TPSA) is 75.3 Å². The van der Waals surface area contributed by atoms with Crippen molar-refractivity contribution in [1.82, 2.24) is 9.55 Å². The van der Waals surface area contributed by atoms with Crippen molar-refractivity contribution in [3.63, 3.8) is 0 Å². The zero-order valence-corrected chi connectivity index (χ0v) is 16.8. The second-order valence-corrected chi connectivity index (χ2v) is 7.80. The molecule has 0 saturated heterocycles. The van der Waals surface area contributed by atoms with Crippen LogP contribution in [0.2, 0.25) is 5.02 Å². The maximum absolute atomic E-state index is 10.9. The Bertz CT molecular complexity index is 1170. The summed E-state index contributed by atoms with van der Waals surface area (Å²) in [5, 5.41) is 19.7. The molecule has 2 aromatic heterocycles. The maximum atomic E-state index is 10.9. The summed E-state index contributed by atoms with van der Waals surface area (Å²) in [6, 6.07) is 21.6. The highest BCUT2D eigenvalue weighted by Crippen LogP contribution is 2.34. The number of aliphatic hydroxyl groups excluding tert-OH is 1. The number of aromatic nitrogens is 2. The number of thioether (sulfide) groups is 1. The highest BCUT2D eigenvalue weighted by Gasteiger charge is 2.15. The average molecular weight is 425 g/mol. The first-order chi connectivity index (χ1) is 14.1. The van der Waals surface area contributed by atoms with Gasteiger partial charge < -0.3 is 14.8 Å². The molecule has 0 aliphatic carbocycles. The molecule has 0 atom stereocenters. The van der Waals surface area contributed by atoms with Crippen LogP contribution in [0.3, 0.4) is 0 Å². The first kappa shape index (κ1) is 19.5. The first-order valence-corrected chi connectivity index (χ1v) is 10.2. The summed E-state index contributed by atoms with van der Waals surface area (Å²) in [6.07, 6.45) is 0. The standard InChI is InChI=1S/C22H17ClN2O3S/c23-17-10-19-18(11-20(25(19)13-26)29-12-21(27)28)24-22(17)16-8-6-15(7-9-16)14-4-2-1-3-5-14/h1-11,26H,12-13H2,(H,27,28). The molecule has 0 amide bonds. The lowest BCUT2D eigenvalue weighted by Gasteiger charge is -2.08. The zero-order chi connectivity index (χ0) is 20.4. The predicted molar refractivity (Wildman–Crippen MR) is 116 cm³/mol. The second-order valence-electron chi connectivity index (χ2n) is 6.40. The van der Waals surface area contributed by atoms with Gasteiger partial charge in [-0.1, -0.05) is 78.0 Å². The van der Waals surface area contributed by atoms with E-state index in [9.17, 15) is 9.90 Å². The van der Waals surface area contributed by atoms with E-state index in [1.807, 2.05) is 42.5 Å². The Morgan fingerprint density at radius 1 is 1.00 bits per heavy atom. The number of hydrogen-bond donors (Lipinski definition) is 2. The zero-order valence-electron chi connectivity index (χ0n) is 15.2. The fraction of sp³-hybridized carbons (Fsp3) is 0.0909. The lowest BCUT2D eigenvalue weighted by molar-refractivity contribution is -0.133. The number of carbonyl (C=O) groups is 1. The number of aliphatic hydroxyl groups is 1. The molecule has 29 heavy (non-hydrogen) atoms. The van der Waals surface area contributed by atoms with E-state index in [0.717, 1.165) is 28.5 Å². The number of halogens is 1. The third-order valence-corrected chi connectivity index (χ3v) is 5.87. The second kappa shape index (κ2) is 8.29. The summed E-state index contributed by atoms with van der Waals surface area (Å²) >= 11 is 7.63. The van der Waals surface area contributed by atoms with Crippen LogP contribution in [0.4, 0.5) is 0 Å². The lowest BCUT2D eigenvalue weighted by atomic mass is 10.0. The fourth-order valence-electron chi connectivity index (χ4n) is 3.18. The highest BCUT2D eigenvalue weighted by atomic mass is 35.5. The summed E-state index contributed by atoms with van der Waals surface area (Å²) in [6.45, 7) is -0.283. The summed E-state index contributed by atoms with van der Waals surface area (Å²) in [7, 11) is 0. The Kier molecular flexibility index (Phi) is 5.58. The number of carboxylic acid groups (broad SMARTS) is 1. The number of pyridine rings is 1. The maximum Gasteiger partial charge on any atom is 0.313 e. The van der Waals surface area contributed by atoms with Gasteiger partial charge in [-0.05, 0) is 23.3 Å². The molecule has 0 spiro atoms. The van der Waals surface area contributed by atoms with Crippen LogP contribution in [-0.4, -0.2) is 31.5 Å². The van der Waals surface area contributed by atoms with Gasteiger partial charge >= 0.3 is 5.97 Å². The van der Waals surface area contributed by atoms with Crippen molar-refractivity contribution >= 4 is 40.4 Å². The molecule has 4 rings (SSSR count). The number of carboxylic acids is 1. The molecule has 2 aromatic carbocycles. The normalized spacial score (nSPS) is 11.1. The average Bonchev–Trinajstić information content (AvgIpc) is 3.08. The minimum absolute atomic E-state index is 0.0993. The summed E-state index contributed by atoms with van der Waals surface area (Å²) in [5.41, 5.74) is 5.07. The molecule has 5 nitrogen and oxygen atoms in total. The van der Waals surface area contributed by atoms with E-state index in [2.05, 4.69) is 17.1 Å². The molecule has 0 unspecified atom stereocenters. The van der Waals surface area contributed by atoms with Gasteiger partial charge in [0.15, 0.2) is 0 Å². The Morgan fingerprint density at radius 3 is 2.31 bits per heavy atom. The van der Waals surface area contributed by atoms with E-state index in [-0.39, 0.29) is 12.5 Å². The van der Waals surface area contributed by atoms with Crippen LogP contribution in [0.25, 0.3) is 33.4 Å². The van der Waals surface area contributed by atoms with Gasteiger partial charge in [0.05, 0.1) is 32.5 Å². The van der Waals surface area contributed by atoms with Gasteiger partial charge in [0.25, 0.3) is 0 Å². The van der Waals surface area contributed by atoms with Crippen LogP contribution in [0.1, 0.15) is 0 Å². The van der Waals surface area contributed by atoms with E-state index >= 15 is 0 Å². The van der Waals surface area contributed by atoms with Crippen molar-refractivity contribution in [2.75, 3.05) is 5.75 Å². The largest absolute Gasteiger partial charge is 0.481 e. The van der Waals surface area contributed by atoms with Crippen molar-refractivity contribution < 1.29 is 15.0 Å². The van der Waals surface area contributed by atoms with Gasteiger partial charge in [-0.3, -0.25) is 4.79 Å². The molecule has 0 fully saturated rings. The molecule has 7 heteroatoms. The van der Waals surface area contributed by atoms with Crippen LogP contribution >= 0.6 is 23.4 Å². The van der Waals surface area contributed by atoms with Crippen molar-refractivity contribution in [2.45, 2.75) is 11.8 Å². The summed E-state index contributed by atoms with van der Waals surface area (Å²) in [5.74, 6) is -1.02. The summed E-state index contributed by atoms with van der Waals surface area (Å²) in [4.78, 5) is 15.6. The van der Waals surface area contributed by atoms with Crippen molar-refractivity contribution in [3.8, 4) is 22.4 Å². The molecular weight excluding hydrogens is 408 g/mol. The van der Waals surface area contributed by atoms with E-state index in [1.54, 1.807) is 16.7 Å². The van der Waals surface area contributed by atoms with Gasteiger partial charge in [0, 0.05) is 5.56 Å². The minimum atomic E-state index is -0.921. The van der Waals surface area contributed by atoms with Crippen LogP contribution in [0.15, 0.2) is 71.8 Å². The quantitative estimate of drug-likeness (QED) is 0.418. The molecule has 0 aliphatic heterocycles. The smallest absolute Gasteiger partial charge is 0.313 e. The Balaban J connectivity index is 1.72. The Morgan fingerprint density at radius 2 is 1.66 bits per heavy atom. The Hall–Kier alpha value is -2.80. The molecule has 0 aliphatic rings. The van der Waals surface area contributed by atoms with E-state index < -0.39 is 5.97 Å². The number of hydrogen-bond acceptors (Lipinski definition) is 4. The lowest BCUT2D eigenvalue weighted by Crippen LogP contribution is -2.02. The molecule has 0 radical (unpaired) electrons. The number of nitrogens with zero attached hydrogens (tertiary/aromatic N) is 2. The van der Waals surface area contributed by atoms with E-state index in [4.69, 9.17) is 16.7 Å². The number of fused-ring (bicyclic) bond motifs is 1. The molecule has 0 bridgehead atoms. The van der Waals surface area contributed by atoms with Crippen LogP contribution in [0.5, 0.6) is 0 Å². The third-order valence-electron chi connectivity index (χ3n) is 4.55. The predicted octanol–water partition coefficient (Wildman–Crippen LogP) is 5.15. The van der Waals surface area contributed by atoms with Gasteiger partial charge in [0.2, 0.25) is 0 Å². The van der Waals surface area contributed by atoms with Gasteiger partial charge in [0.1, 0.15) is 6.73 Å². The van der Waals surface area contributed by atoms with Crippen LogP contribution < -0.4 is 0 Å². The molecule has 0 saturated carbocycles. The first-order valence-electron chi connectivity index (χ1n) is 8.88.